The van der Waals surface area contributed by atoms with Gasteiger partial charge in [-0.3, -0.25) is 9.59 Å². The third-order valence-electron chi connectivity index (χ3n) is 3.64. The lowest BCUT2D eigenvalue weighted by Gasteiger charge is -2.20. The van der Waals surface area contributed by atoms with Crippen molar-refractivity contribution in [1.82, 2.24) is 4.90 Å². The number of amides is 1. The Morgan fingerprint density at radius 2 is 2.06 bits per heavy atom. The van der Waals surface area contributed by atoms with Crippen molar-refractivity contribution in [3.05, 3.63) is 0 Å². The van der Waals surface area contributed by atoms with E-state index < -0.39 is 9.84 Å². The second-order valence-corrected chi connectivity index (χ2v) is 7.46. The third kappa shape index (κ3) is 4.40. The molecule has 0 spiro atoms. The Hall–Kier alpha value is -0.910. The molecule has 104 valence electrons. The molecule has 0 aromatic heterocycles. The van der Waals surface area contributed by atoms with Crippen LogP contribution < -0.4 is 0 Å². The van der Waals surface area contributed by atoms with Crippen LogP contribution in [0.4, 0.5) is 0 Å². The second-order valence-electron chi connectivity index (χ2n) is 5.20. The molecule has 5 nitrogen and oxygen atoms in total. The fraction of sp³-hybridized carbons (Fsp3) is 0.833. The monoisotopic (exact) mass is 275 g/mol. The highest BCUT2D eigenvalue weighted by atomic mass is 32.2. The lowest BCUT2D eigenvalue weighted by molar-refractivity contribution is -0.131. The second kappa shape index (κ2) is 5.82. The van der Waals surface area contributed by atoms with Crippen LogP contribution in [0.2, 0.25) is 0 Å². The Balaban J connectivity index is 2.43. The number of nitrogens with zero attached hydrogens (tertiary/aromatic N) is 1. The quantitative estimate of drug-likeness (QED) is 0.732. The van der Waals surface area contributed by atoms with Crippen molar-refractivity contribution in [2.24, 2.45) is 11.8 Å². The van der Waals surface area contributed by atoms with Crippen LogP contribution in [0, 0.1) is 11.8 Å². The summed E-state index contributed by atoms with van der Waals surface area (Å²) in [6.45, 7) is 2.08. The third-order valence-corrected chi connectivity index (χ3v) is 4.56. The molecular formula is C12H21NO4S. The summed E-state index contributed by atoms with van der Waals surface area (Å²) in [6.07, 6.45) is 2.83. The number of carbonyl (C=O) groups is 2. The van der Waals surface area contributed by atoms with Crippen molar-refractivity contribution < 1.29 is 18.0 Å². The zero-order chi connectivity index (χ0) is 13.9. The summed E-state index contributed by atoms with van der Waals surface area (Å²) in [4.78, 5) is 24.7. The first-order chi connectivity index (χ1) is 8.20. The molecule has 0 heterocycles. The summed E-state index contributed by atoms with van der Waals surface area (Å²) in [5, 5.41) is 0. The number of sulfone groups is 1. The highest BCUT2D eigenvalue weighted by molar-refractivity contribution is 7.90. The normalized spacial score (nSPS) is 24.3. The highest BCUT2D eigenvalue weighted by Crippen LogP contribution is 2.31. The molecule has 1 aliphatic carbocycles. The van der Waals surface area contributed by atoms with E-state index in [-0.39, 0.29) is 35.8 Å². The molecule has 1 amide bonds. The smallest absolute Gasteiger partial charge is 0.222 e. The molecule has 6 heteroatoms. The number of hydrogen-bond donors (Lipinski definition) is 0. The topological polar surface area (TPSA) is 71.5 Å². The summed E-state index contributed by atoms with van der Waals surface area (Å²) >= 11 is 0. The minimum absolute atomic E-state index is 0.0195. The Labute approximate surface area is 108 Å². The molecule has 2 atom stereocenters. The van der Waals surface area contributed by atoms with Gasteiger partial charge in [0.15, 0.2) is 0 Å². The largest absolute Gasteiger partial charge is 0.345 e. The molecule has 18 heavy (non-hydrogen) atoms. The van der Waals surface area contributed by atoms with Crippen molar-refractivity contribution in [3.8, 4) is 0 Å². The van der Waals surface area contributed by atoms with Crippen LogP contribution in [0.1, 0.15) is 26.2 Å². The van der Waals surface area contributed by atoms with E-state index in [2.05, 4.69) is 0 Å². The van der Waals surface area contributed by atoms with Gasteiger partial charge in [-0.1, -0.05) is 6.92 Å². The number of carbonyl (C=O) groups excluding carboxylic acids is 2. The van der Waals surface area contributed by atoms with Crippen molar-refractivity contribution in [2.75, 3.05) is 25.6 Å². The molecule has 0 bridgehead atoms. The maximum atomic E-state index is 11.9. The maximum Gasteiger partial charge on any atom is 0.222 e. The van der Waals surface area contributed by atoms with E-state index in [9.17, 15) is 18.0 Å². The average molecular weight is 275 g/mol. The van der Waals surface area contributed by atoms with E-state index in [0.29, 0.717) is 12.8 Å². The fourth-order valence-corrected chi connectivity index (χ4v) is 2.76. The first-order valence-corrected chi connectivity index (χ1v) is 8.21. The van der Waals surface area contributed by atoms with Gasteiger partial charge in [0.2, 0.25) is 5.91 Å². The highest BCUT2D eigenvalue weighted by Gasteiger charge is 2.32. The lowest BCUT2D eigenvalue weighted by atomic mass is 9.94. The van der Waals surface area contributed by atoms with Crippen molar-refractivity contribution in [1.29, 1.82) is 0 Å². The molecule has 0 aromatic carbocycles. The number of ketones is 1. The molecule has 1 saturated carbocycles. The first-order valence-electron chi connectivity index (χ1n) is 6.15. The molecular weight excluding hydrogens is 254 g/mol. The minimum Gasteiger partial charge on any atom is -0.345 e. The van der Waals surface area contributed by atoms with Crippen LogP contribution in [0.5, 0.6) is 0 Å². The van der Waals surface area contributed by atoms with Crippen LogP contribution in [0.25, 0.3) is 0 Å². The van der Waals surface area contributed by atoms with Crippen LogP contribution >= 0.6 is 0 Å². The van der Waals surface area contributed by atoms with Gasteiger partial charge in [-0.05, 0) is 12.3 Å². The van der Waals surface area contributed by atoms with Gasteiger partial charge < -0.3 is 4.90 Å². The van der Waals surface area contributed by atoms with Gasteiger partial charge in [0.1, 0.15) is 15.6 Å². The summed E-state index contributed by atoms with van der Waals surface area (Å²) in [7, 11) is -1.44. The van der Waals surface area contributed by atoms with Gasteiger partial charge in [-0.2, -0.15) is 0 Å². The lowest BCUT2D eigenvalue weighted by Crippen LogP contribution is -2.33. The first kappa shape index (κ1) is 15.1. The van der Waals surface area contributed by atoms with E-state index in [1.807, 2.05) is 6.92 Å². The molecule has 0 radical (unpaired) electrons. The van der Waals surface area contributed by atoms with Crippen molar-refractivity contribution in [2.45, 2.75) is 26.2 Å². The molecule has 0 aromatic rings. The molecule has 0 aliphatic heterocycles. The summed E-state index contributed by atoms with van der Waals surface area (Å²) < 4.78 is 22.0. The van der Waals surface area contributed by atoms with E-state index in [1.54, 1.807) is 7.05 Å². The summed E-state index contributed by atoms with van der Waals surface area (Å²) in [5.41, 5.74) is 0. The summed E-state index contributed by atoms with van der Waals surface area (Å²) in [5.74, 6) is 0.203. The molecule has 1 rings (SSSR count). The maximum absolute atomic E-state index is 11.9. The van der Waals surface area contributed by atoms with Gasteiger partial charge in [0, 0.05) is 38.6 Å². The molecule has 0 saturated heterocycles. The Morgan fingerprint density at radius 1 is 1.44 bits per heavy atom. The van der Waals surface area contributed by atoms with Crippen LogP contribution in [-0.4, -0.2) is 50.6 Å². The Kier molecular flexibility index (Phi) is 4.90. The molecule has 1 aliphatic rings. The zero-order valence-electron chi connectivity index (χ0n) is 11.2. The van der Waals surface area contributed by atoms with E-state index in [4.69, 9.17) is 0 Å². The Morgan fingerprint density at radius 3 is 2.50 bits per heavy atom. The zero-order valence-corrected chi connectivity index (χ0v) is 12.0. The van der Waals surface area contributed by atoms with Gasteiger partial charge in [-0.15, -0.1) is 0 Å². The van der Waals surface area contributed by atoms with Crippen LogP contribution in [0.15, 0.2) is 0 Å². The van der Waals surface area contributed by atoms with Gasteiger partial charge in [-0.25, -0.2) is 8.42 Å². The SMILES string of the molecule is C[C@H]1C(=O)CC[C@@H]1CC(=O)N(C)CCS(C)(=O)=O. The Bertz CT molecular complexity index is 429. The summed E-state index contributed by atoms with van der Waals surface area (Å²) in [6, 6.07) is 0. The van der Waals surface area contributed by atoms with Gasteiger partial charge in [0.05, 0.1) is 5.75 Å². The van der Waals surface area contributed by atoms with E-state index in [1.165, 1.54) is 4.90 Å². The van der Waals surface area contributed by atoms with E-state index in [0.717, 1.165) is 12.7 Å². The number of rotatable bonds is 5. The van der Waals surface area contributed by atoms with E-state index >= 15 is 0 Å². The van der Waals surface area contributed by atoms with Gasteiger partial charge in [0.25, 0.3) is 0 Å². The minimum atomic E-state index is -3.05. The van der Waals surface area contributed by atoms with Crippen molar-refractivity contribution >= 4 is 21.5 Å². The number of hydrogen-bond acceptors (Lipinski definition) is 4. The molecule has 1 fully saturated rings. The van der Waals surface area contributed by atoms with Crippen LogP contribution in [-0.2, 0) is 19.4 Å². The average Bonchev–Trinajstić information content (AvgIpc) is 2.56. The van der Waals surface area contributed by atoms with Gasteiger partial charge >= 0.3 is 0 Å². The predicted octanol–water partition coefficient (Wildman–Crippen LogP) is 0.495. The fourth-order valence-electron chi connectivity index (χ4n) is 2.15. The molecule has 0 unspecified atom stereocenters. The molecule has 0 N–H and O–H groups in total. The van der Waals surface area contributed by atoms with Crippen molar-refractivity contribution in [3.63, 3.8) is 0 Å². The number of Topliss-reactive ketones (excluding diaryl/α,β-unsaturated/α-hetero) is 1. The standard InChI is InChI=1S/C12H21NO4S/c1-9-10(4-5-11(9)14)8-12(15)13(2)6-7-18(3,16)17/h9-10H,4-8H2,1-3H3/t9-,10-/m1/s1. The predicted molar refractivity (Wildman–Crippen MR) is 68.9 cm³/mol. The van der Waals surface area contributed by atoms with Crippen LogP contribution in [0.3, 0.4) is 0 Å².